The Morgan fingerprint density at radius 2 is 1.45 bits per heavy atom. The molecule has 0 fully saturated rings. The third-order valence-corrected chi connectivity index (χ3v) is 5.17. The highest BCUT2D eigenvalue weighted by Crippen LogP contribution is 2.24. The van der Waals surface area contributed by atoms with Crippen molar-refractivity contribution in [2.24, 2.45) is 5.10 Å². The van der Waals surface area contributed by atoms with Crippen LogP contribution in [0.2, 0.25) is 0 Å². The van der Waals surface area contributed by atoms with Gasteiger partial charge in [0.25, 0.3) is 0 Å². The molecule has 0 saturated heterocycles. The van der Waals surface area contributed by atoms with Gasteiger partial charge in [0.15, 0.2) is 5.84 Å². The van der Waals surface area contributed by atoms with Crippen molar-refractivity contribution in [1.82, 2.24) is 5.43 Å². The number of carbonyl (C=O) groups is 1. The molecule has 1 aliphatic rings. The summed E-state index contributed by atoms with van der Waals surface area (Å²) in [6, 6.07) is 27.1. The number of hydrazine groups is 1. The van der Waals surface area contributed by atoms with E-state index in [4.69, 9.17) is 0 Å². The van der Waals surface area contributed by atoms with Crippen molar-refractivity contribution in [3.8, 4) is 0 Å². The first-order valence-corrected chi connectivity index (χ1v) is 9.87. The number of rotatable bonds is 5. The van der Waals surface area contributed by atoms with Gasteiger partial charge in [-0.1, -0.05) is 74.5 Å². The number of benzene rings is 3. The lowest BCUT2D eigenvalue weighted by Gasteiger charge is -2.34. The van der Waals surface area contributed by atoms with Crippen LogP contribution in [-0.4, -0.2) is 11.9 Å². The van der Waals surface area contributed by atoms with Crippen LogP contribution >= 0.6 is 0 Å². The molecule has 1 N–H and O–H groups in total. The topological polar surface area (TPSA) is 47.9 Å². The molecule has 5 heteroatoms. The minimum Gasteiger partial charge on any atom is -0.271 e. The van der Waals surface area contributed by atoms with E-state index < -0.39 is 0 Å². The van der Waals surface area contributed by atoms with Gasteiger partial charge >= 0.3 is 6.03 Å². The zero-order valence-electron chi connectivity index (χ0n) is 16.6. The Bertz CT molecular complexity index is 1000. The van der Waals surface area contributed by atoms with Crippen molar-refractivity contribution in [2.75, 3.05) is 10.0 Å². The monoisotopic (exact) mass is 384 g/mol. The van der Waals surface area contributed by atoms with Crippen LogP contribution in [-0.2, 0) is 0 Å². The summed E-state index contributed by atoms with van der Waals surface area (Å²) in [7, 11) is 0. The van der Waals surface area contributed by atoms with Crippen molar-refractivity contribution in [1.29, 1.82) is 0 Å². The van der Waals surface area contributed by atoms with E-state index in [9.17, 15) is 4.79 Å². The lowest BCUT2D eigenvalue weighted by molar-refractivity contribution is 0.249. The Balaban J connectivity index is 1.74. The maximum atomic E-state index is 13.2. The fraction of sp³-hybridized carbons (Fsp3) is 0.167. The van der Waals surface area contributed by atoms with Crippen LogP contribution in [0, 0.1) is 0 Å². The van der Waals surface area contributed by atoms with Crippen molar-refractivity contribution in [3.05, 3.63) is 96.1 Å². The van der Waals surface area contributed by atoms with Gasteiger partial charge in [0.1, 0.15) is 0 Å². The molecule has 3 aromatic carbocycles. The normalized spacial score (nSPS) is 15.0. The van der Waals surface area contributed by atoms with E-state index in [0.29, 0.717) is 17.4 Å². The molecule has 1 atom stereocenters. The number of nitrogens with zero attached hydrogens (tertiary/aromatic N) is 3. The minimum absolute atomic E-state index is 0.262. The van der Waals surface area contributed by atoms with E-state index in [1.165, 1.54) is 15.6 Å². The first-order chi connectivity index (χ1) is 14.2. The summed E-state index contributed by atoms with van der Waals surface area (Å²) in [4.78, 5) is 13.2. The number of urea groups is 1. The summed E-state index contributed by atoms with van der Waals surface area (Å²) in [6.45, 7) is 4.41. The zero-order chi connectivity index (χ0) is 20.2. The largest absolute Gasteiger partial charge is 0.368 e. The number of nitrogens with one attached hydrogen (secondary N) is 1. The molecule has 3 aromatic rings. The summed E-state index contributed by atoms with van der Waals surface area (Å²) in [6.07, 6.45) is 1.09. The van der Waals surface area contributed by atoms with Gasteiger partial charge in [0.05, 0.1) is 11.4 Å². The van der Waals surface area contributed by atoms with Crippen molar-refractivity contribution in [3.63, 3.8) is 0 Å². The molecular formula is C24H24N4O. The number of hydrogen-bond acceptors (Lipinski definition) is 3. The SMILES string of the molecule is CCC(C)c1ccc(C2=NN(c3ccccc3)C(=O)N(c3ccccc3)N2)cc1. The van der Waals surface area contributed by atoms with E-state index >= 15 is 0 Å². The van der Waals surface area contributed by atoms with Gasteiger partial charge in [-0.25, -0.2) is 9.80 Å². The average molecular weight is 384 g/mol. The number of carbonyl (C=O) groups excluding carboxylic acids is 1. The maximum absolute atomic E-state index is 13.2. The van der Waals surface area contributed by atoms with Crippen LogP contribution in [0.5, 0.6) is 0 Å². The highest BCUT2D eigenvalue weighted by atomic mass is 16.2. The van der Waals surface area contributed by atoms with Crippen LogP contribution in [0.4, 0.5) is 16.2 Å². The average Bonchev–Trinajstić information content (AvgIpc) is 2.80. The van der Waals surface area contributed by atoms with Gasteiger partial charge in [-0.05, 0) is 42.2 Å². The van der Waals surface area contributed by atoms with Crippen LogP contribution in [0.3, 0.4) is 0 Å². The summed E-state index contributed by atoms with van der Waals surface area (Å²) < 4.78 is 0. The molecule has 0 aliphatic carbocycles. The standard InChI is InChI=1S/C24H24N4O/c1-3-18(2)19-14-16-20(17-15-19)23-25-27(21-10-6-4-7-11-21)24(29)28(26-23)22-12-8-5-9-13-22/h4-18H,3H2,1-2H3,(H,25,26). The Kier molecular flexibility index (Phi) is 5.29. The highest BCUT2D eigenvalue weighted by molar-refractivity contribution is 6.13. The number of hydrogen-bond donors (Lipinski definition) is 1. The van der Waals surface area contributed by atoms with E-state index in [1.54, 1.807) is 0 Å². The number of amidine groups is 1. The molecule has 1 aliphatic heterocycles. The van der Waals surface area contributed by atoms with Crippen molar-refractivity contribution >= 4 is 23.2 Å². The van der Waals surface area contributed by atoms with Gasteiger partial charge in [0, 0.05) is 5.56 Å². The predicted octanol–water partition coefficient (Wildman–Crippen LogP) is 5.51. The maximum Gasteiger partial charge on any atom is 0.368 e. The third kappa shape index (κ3) is 3.85. The first kappa shape index (κ1) is 18.7. The molecule has 0 aromatic heterocycles. The zero-order valence-corrected chi connectivity index (χ0v) is 16.6. The van der Waals surface area contributed by atoms with E-state index in [1.807, 2.05) is 60.7 Å². The van der Waals surface area contributed by atoms with Gasteiger partial charge in [-0.15, -0.1) is 5.10 Å². The van der Waals surface area contributed by atoms with Gasteiger partial charge in [-0.3, -0.25) is 5.43 Å². The fourth-order valence-corrected chi connectivity index (χ4v) is 3.23. The predicted molar refractivity (Wildman–Crippen MR) is 118 cm³/mol. The molecule has 29 heavy (non-hydrogen) atoms. The molecular weight excluding hydrogens is 360 g/mol. The van der Waals surface area contributed by atoms with Gasteiger partial charge in [-0.2, -0.15) is 5.01 Å². The second-order valence-corrected chi connectivity index (χ2v) is 7.09. The molecule has 0 bridgehead atoms. The Morgan fingerprint density at radius 3 is 2.03 bits per heavy atom. The Morgan fingerprint density at radius 1 is 0.862 bits per heavy atom. The van der Waals surface area contributed by atoms with Gasteiger partial charge in [0.2, 0.25) is 0 Å². The Hall–Kier alpha value is -3.60. The van der Waals surface area contributed by atoms with E-state index in [0.717, 1.165) is 17.7 Å². The molecule has 0 saturated carbocycles. The molecule has 0 radical (unpaired) electrons. The molecule has 2 amide bonds. The highest BCUT2D eigenvalue weighted by Gasteiger charge is 2.30. The molecule has 5 nitrogen and oxygen atoms in total. The smallest absolute Gasteiger partial charge is 0.271 e. The molecule has 4 rings (SSSR count). The number of anilines is 2. The van der Waals surface area contributed by atoms with E-state index in [-0.39, 0.29) is 6.03 Å². The quantitative estimate of drug-likeness (QED) is 0.630. The molecule has 1 unspecified atom stereocenters. The fourth-order valence-electron chi connectivity index (χ4n) is 3.23. The van der Waals surface area contributed by atoms with Crippen LogP contribution in [0.25, 0.3) is 0 Å². The second kappa shape index (κ2) is 8.19. The lowest BCUT2D eigenvalue weighted by atomic mass is 9.97. The molecule has 0 spiro atoms. The number of para-hydroxylation sites is 2. The minimum atomic E-state index is -0.262. The Labute approximate surface area is 171 Å². The second-order valence-electron chi connectivity index (χ2n) is 7.09. The van der Waals surface area contributed by atoms with Crippen molar-refractivity contribution in [2.45, 2.75) is 26.2 Å². The van der Waals surface area contributed by atoms with Crippen LogP contribution in [0.15, 0.2) is 90.0 Å². The molecule has 1 heterocycles. The third-order valence-electron chi connectivity index (χ3n) is 5.17. The van der Waals surface area contributed by atoms with Crippen LogP contribution < -0.4 is 15.4 Å². The summed E-state index contributed by atoms with van der Waals surface area (Å²) >= 11 is 0. The van der Waals surface area contributed by atoms with Crippen LogP contribution in [0.1, 0.15) is 37.3 Å². The number of amides is 2. The number of hydrazone groups is 1. The summed E-state index contributed by atoms with van der Waals surface area (Å²) in [5, 5.41) is 7.58. The van der Waals surface area contributed by atoms with Gasteiger partial charge < -0.3 is 0 Å². The molecule has 146 valence electrons. The summed E-state index contributed by atoms with van der Waals surface area (Å²) in [5.74, 6) is 1.13. The lowest BCUT2D eigenvalue weighted by Crippen LogP contribution is -2.56. The summed E-state index contributed by atoms with van der Waals surface area (Å²) in [5.41, 5.74) is 6.88. The van der Waals surface area contributed by atoms with Crippen molar-refractivity contribution < 1.29 is 4.79 Å². The van der Waals surface area contributed by atoms with E-state index in [2.05, 4.69) is 48.6 Å². The first-order valence-electron chi connectivity index (χ1n) is 9.87.